The molecule has 2 heterocycles. The second-order valence-electron chi connectivity index (χ2n) is 7.30. The first-order valence-electron chi connectivity index (χ1n) is 9.68. The van der Waals surface area contributed by atoms with E-state index >= 15 is 0 Å². The highest BCUT2D eigenvalue weighted by atomic mass is 35.5. The predicted octanol–water partition coefficient (Wildman–Crippen LogP) is 5.85. The van der Waals surface area contributed by atoms with E-state index in [0.29, 0.717) is 16.3 Å². The summed E-state index contributed by atoms with van der Waals surface area (Å²) in [6, 6.07) is 15.4. The van der Waals surface area contributed by atoms with Crippen LogP contribution in [0.15, 0.2) is 65.4 Å². The molecule has 0 saturated carbocycles. The summed E-state index contributed by atoms with van der Waals surface area (Å²) in [6.07, 6.45) is 1.74. The number of likely N-dealkylation sites (tertiary alicyclic amines) is 1. The van der Waals surface area contributed by atoms with Crippen LogP contribution >= 0.6 is 22.9 Å². The summed E-state index contributed by atoms with van der Waals surface area (Å²) in [6.45, 7) is 2.77. The largest absolute Gasteiger partial charge is 0.305 e. The highest BCUT2D eigenvalue weighted by Crippen LogP contribution is 2.27. The number of anilines is 1. The van der Waals surface area contributed by atoms with Gasteiger partial charge in [0.2, 0.25) is 0 Å². The number of hydrogen-bond donors (Lipinski definition) is 0. The van der Waals surface area contributed by atoms with Gasteiger partial charge in [0.1, 0.15) is 5.82 Å². The fraction of sp³-hybridized carbons (Fsp3) is 0.261. The molecule has 1 saturated heterocycles. The molecule has 3 nitrogen and oxygen atoms in total. The number of halogens is 2. The van der Waals surface area contributed by atoms with Crippen molar-refractivity contribution in [1.29, 1.82) is 0 Å². The lowest BCUT2D eigenvalue weighted by molar-refractivity contribution is 0.0958. The normalized spacial score (nSPS) is 15.4. The first-order chi connectivity index (χ1) is 14.1. The fourth-order valence-corrected chi connectivity index (χ4v) is 4.68. The van der Waals surface area contributed by atoms with Gasteiger partial charge < -0.3 is 4.90 Å². The average molecular weight is 429 g/mol. The average Bonchev–Trinajstić information content (AvgIpc) is 3.24. The van der Waals surface area contributed by atoms with E-state index in [1.807, 2.05) is 4.90 Å². The maximum atomic E-state index is 13.5. The molecule has 0 radical (unpaired) electrons. The standard InChI is InChI=1S/C23H22ClFN2OS/c24-19-3-1-2-18(14-19)23(28)27(21-6-4-20(25)5-7-21)22-8-11-26(12-9-22)15-17-10-13-29-16-17/h1-7,10,13-14,16,22H,8-9,11-12,15H2. The van der Waals surface area contributed by atoms with Crippen molar-refractivity contribution in [3.63, 3.8) is 0 Å². The summed E-state index contributed by atoms with van der Waals surface area (Å²) >= 11 is 7.82. The lowest BCUT2D eigenvalue weighted by atomic mass is 10.0. The van der Waals surface area contributed by atoms with Crippen molar-refractivity contribution in [2.75, 3.05) is 18.0 Å². The van der Waals surface area contributed by atoms with Crippen molar-refractivity contribution >= 4 is 34.5 Å². The van der Waals surface area contributed by atoms with E-state index in [1.54, 1.807) is 47.7 Å². The molecule has 29 heavy (non-hydrogen) atoms. The minimum Gasteiger partial charge on any atom is -0.305 e. The van der Waals surface area contributed by atoms with E-state index in [2.05, 4.69) is 21.7 Å². The minimum absolute atomic E-state index is 0.0608. The Labute approximate surface area is 179 Å². The molecule has 1 aliphatic heterocycles. The number of benzene rings is 2. The first-order valence-corrected chi connectivity index (χ1v) is 11.0. The molecule has 0 aliphatic carbocycles. The Morgan fingerprint density at radius 1 is 1.14 bits per heavy atom. The summed E-state index contributed by atoms with van der Waals surface area (Å²) in [5, 5.41) is 4.81. The van der Waals surface area contributed by atoms with Crippen LogP contribution in [0, 0.1) is 5.82 Å². The molecule has 1 aromatic heterocycles. The number of carbonyl (C=O) groups excluding carboxylic acids is 1. The highest BCUT2D eigenvalue weighted by Gasteiger charge is 2.30. The quantitative estimate of drug-likeness (QED) is 0.508. The van der Waals surface area contributed by atoms with Crippen LogP contribution in [0.3, 0.4) is 0 Å². The second kappa shape index (κ2) is 9.08. The molecule has 0 spiro atoms. The Morgan fingerprint density at radius 3 is 2.55 bits per heavy atom. The fourth-order valence-electron chi connectivity index (χ4n) is 3.83. The Hall–Kier alpha value is -2.21. The van der Waals surface area contributed by atoms with E-state index < -0.39 is 0 Å². The molecule has 4 rings (SSSR count). The van der Waals surface area contributed by atoms with Gasteiger partial charge in [0, 0.05) is 41.9 Å². The molecule has 0 atom stereocenters. The van der Waals surface area contributed by atoms with Gasteiger partial charge >= 0.3 is 0 Å². The molecule has 0 N–H and O–H groups in total. The Balaban J connectivity index is 1.54. The van der Waals surface area contributed by atoms with Gasteiger partial charge in [-0.15, -0.1) is 0 Å². The minimum atomic E-state index is -0.311. The van der Waals surface area contributed by atoms with Crippen LogP contribution in [0.25, 0.3) is 0 Å². The van der Waals surface area contributed by atoms with E-state index in [-0.39, 0.29) is 17.8 Å². The molecule has 3 aromatic rings. The smallest absolute Gasteiger partial charge is 0.258 e. The van der Waals surface area contributed by atoms with Crippen LogP contribution < -0.4 is 4.90 Å². The van der Waals surface area contributed by atoms with Gasteiger partial charge in [0.25, 0.3) is 5.91 Å². The molecule has 1 fully saturated rings. The lowest BCUT2D eigenvalue weighted by Gasteiger charge is -2.38. The third-order valence-corrected chi connectivity index (χ3v) is 6.27. The maximum Gasteiger partial charge on any atom is 0.258 e. The van der Waals surface area contributed by atoms with Gasteiger partial charge in [0.15, 0.2) is 0 Å². The zero-order valence-electron chi connectivity index (χ0n) is 15.9. The van der Waals surface area contributed by atoms with E-state index in [1.165, 1.54) is 17.7 Å². The number of thiophene rings is 1. The van der Waals surface area contributed by atoms with Crippen molar-refractivity contribution in [2.45, 2.75) is 25.4 Å². The van der Waals surface area contributed by atoms with Crippen molar-refractivity contribution in [2.24, 2.45) is 0 Å². The van der Waals surface area contributed by atoms with E-state index in [9.17, 15) is 9.18 Å². The Morgan fingerprint density at radius 2 is 1.90 bits per heavy atom. The number of hydrogen-bond acceptors (Lipinski definition) is 3. The molecule has 1 amide bonds. The lowest BCUT2D eigenvalue weighted by Crippen LogP contribution is -2.47. The molecule has 1 aliphatic rings. The van der Waals surface area contributed by atoms with Gasteiger partial charge in [-0.25, -0.2) is 4.39 Å². The molecule has 6 heteroatoms. The molecular weight excluding hydrogens is 407 g/mol. The number of amides is 1. The Bertz CT molecular complexity index is 953. The zero-order valence-corrected chi connectivity index (χ0v) is 17.5. The number of nitrogens with zero attached hydrogens (tertiary/aromatic N) is 2. The molecule has 0 unspecified atom stereocenters. The van der Waals surface area contributed by atoms with Crippen LogP contribution in [0.1, 0.15) is 28.8 Å². The number of rotatable bonds is 5. The monoisotopic (exact) mass is 428 g/mol. The van der Waals surface area contributed by atoms with Crippen molar-refractivity contribution < 1.29 is 9.18 Å². The van der Waals surface area contributed by atoms with Crippen molar-refractivity contribution in [1.82, 2.24) is 4.90 Å². The third-order valence-electron chi connectivity index (χ3n) is 5.30. The zero-order chi connectivity index (χ0) is 20.2. The van der Waals surface area contributed by atoms with Gasteiger partial charge in [-0.05, 0) is 77.7 Å². The van der Waals surface area contributed by atoms with Gasteiger partial charge in [-0.3, -0.25) is 9.69 Å². The van der Waals surface area contributed by atoms with E-state index in [0.717, 1.165) is 32.5 Å². The predicted molar refractivity (Wildman–Crippen MR) is 117 cm³/mol. The second-order valence-corrected chi connectivity index (χ2v) is 8.52. The molecule has 150 valence electrons. The highest BCUT2D eigenvalue weighted by molar-refractivity contribution is 7.07. The van der Waals surface area contributed by atoms with Crippen LogP contribution in [0.4, 0.5) is 10.1 Å². The summed E-state index contributed by atoms with van der Waals surface area (Å²) in [5.41, 5.74) is 2.59. The molecule has 0 bridgehead atoms. The van der Waals surface area contributed by atoms with Gasteiger partial charge in [-0.1, -0.05) is 17.7 Å². The number of carbonyl (C=O) groups is 1. The summed E-state index contributed by atoms with van der Waals surface area (Å²) < 4.78 is 13.5. The van der Waals surface area contributed by atoms with Crippen molar-refractivity contribution in [3.05, 3.63) is 87.3 Å². The topological polar surface area (TPSA) is 23.6 Å². The summed E-state index contributed by atoms with van der Waals surface area (Å²) in [5.74, 6) is -0.412. The van der Waals surface area contributed by atoms with Gasteiger partial charge in [0.05, 0.1) is 0 Å². The SMILES string of the molecule is O=C(c1cccc(Cl)c1)N(c1ccc(F)cc1)C1CCN(Cc2ccsc2)CC1. The maximum absolute atomic E-state index is 13.5. The third kappa shape index (κ3) is 4.86. The number of piperidine rings is 1. The van der Waals surface area contributed by atoms with Crippen LogP contribution in [0.5, 0.6) is 0 Å². The van der Waals surface area contributed by atoms with Crippen LogP contribution in [-0.2, 0) is 6.54 Å². The van der Waals surface area contributed by atoms with Crippen LogP contribution in [-0.4, -0.2) is 29.9 Å². The van der Waals surface area contributed by atoms with Crippen LogP contribution in [0.2, 0.25) is 5.02 Å². The molecular formula is C23H22ClFN2OS. The summed E-state index contributed by atoms with van der Waals surface area (Å²) in [4.78, 5) is 17.6. The van der Waals surface area contributed by atoms with Crippen molar-refractivity contribution in [3.8, 4) is 0 Å². The van der Waals surface area contributed by atoms with Gasteiger partial charge in [-0.2, -0.15) is 11.3 Å². The first kappa shape index (κ1) is 20.1. The Kier molecular flexibility index (Phi) is 6.28. The summed E-state index contributed by atoms with van der Waals surface area (Å²) in [7, 11) is 0. The van der Waals surface area contributed by atoms with E-state index in [4.69, 9.17) is 11.6 Å². The molecule has 2 aromatic carbocycles.